The van der Waals surface area contributed by atoms with Crippen LogP contribution in [0.1, 0.15) is 31.7 Å². The minimum Gasteiger partial charge on any atom is -0.489 e. The van der Waals surface area contributed by atoms with E-state index in [1.807, 2.05) is 44.2 Å². The molecule has 0 bridgehead atoms. The molecular formula is C23H28N6O2. The average molecular weight is 421 g/mol. The average Bonchev–Trinajstić information content (AvgIpc) is 3.32. The number of amides is 1. The summed E-state index contributed by atoms with van der Waals surface area (Å²) >= 11 is 0. The lowest BCUT2D eigenvalue weighted by Gasteiger charge is -2.16. The molecule has 1 amide bonds. The molecule has 1 saturated heterocycles. The topological polar surface area (TPSA) is 85.2 Å². The molecule has 162 valence electrons. The Morgan fingerprint density at radius 3 is 2.74 bits per heavy atom. The zero-order valence-corrected chi connectivity index (χ0v) is 18.4. The molecule has 1 aromatic carbocycles. The number of anilines is 1. The van der Waals surface area contributed by atoms with Gasteiger partial charge in [0, 0.05) is 37.3 Å². The van der Waals surface area contributed by atoms with Gasteiger partial charge in [-0.05, 0) is 45.0 Å². The van der Waals surface area contributed by atoms with Gasteiger partial charge in [-0.15, -0.1) is 0 Å². The standard InChI is InChI=1S/C23H28N6O2/c1-5-28-10-9-20(14-28)31-19-8-6-7-18(12-19)21-13-22(24-17(4)30)26-23(25-21)29-16(3)11-15(2)27-29/h6-8,11-13,20H,5,9-10,14H2,1-4H3,(H,24,25,26,30). The summed E-state index contributed by atoms with van der Waals surface area (Å²) in [6, 6.07) is 11.6. The SMILES string of the molecule is CCN1CCC(Oc2cccc(-c3cc(NC(C)=O)nc(-n4nc(C)cc4C)n3)c2)C1. The molecule has 3 aromatic rings. The first-order valence-corrected chi connectivity index (χ1v) is 10.6. The normalized spacial score (nSPS) is 16.5. The van der Waals surface area contributed by atoms with Gasteiger partial charge in [-0.3, -0.25) is 9.69 Å². The van der Waals surface area contributed by atoms with E-state index >= 15 is 0 Å². The van der Waals surface area contributed by atoms with Crippen molar-refractivity contribution in [2.75, 3.05) is 25.0 Å². The summed E-state index contributed by atoms with van der Waals surface area (Å²) in [4.78, 5) is 23.3. The Kier molecular flexibility index (Phi) is 5.99. The summed E-state index contributed by atoms with van der Waals surface area (Å²) in [6.07, 6.45) is 1.22. The van der Waals surface area contributed by atoms with Crippen LogP contribution >= 0.6 is 0 Å². The number of likely N-dealkylation sites (N-methyl/N-ethyl adjacent to an activating group) is 1. The number of aryl methyl sites for hydroxylation is 2. The van der Waals surface area contributed by atoms with E-state index in [4.69, 9.17) is 9.72 Å². The Morgan fingerprint density at radius 1 is 1.23 bits per heavy atom. The molecule has 31 heavy (non-hydrogen) atoms. The van der Waals surface area contributed by atoms with Crippen molar-refractivity contribution in [2.24, 2.45) is 0 Å². The Balaban J connectivity index is 1.67. The molecule has 0 spiro atoms. The van der Waals surface area contributed by atoms with E-state index in [-0.39, 0.29) is 12.0 Å². The van der Waals surface area contributed by atoms with Gasteiger partial charge in [0.15, 0.2) is 0 Å². The maximum absolute atomic E-state index is 11.7. The van der Waals surface area contributed by atoms with E-state index in [9.17, 15) is 4.79 Å². The van der Waals surface area contributed by atoms with E-state index in [0.29, 0.717) is 17.5 Å². The Hall–Kier alpha value is -3.26. The lowest BCUT2D eigenvalue weighted by Crippen LogP contribution is -2.24. The number of hydrogen-bond acceptors (Lipinski definition) is 6. The van der Waals surface area contributed by atoms with E-state index in [1.54, 1.807) is 10.7 Å². The van der Waals surface area contributed by atoms with Gasteiger partial charge >= 0.3 is 0 Å². The third kappa shape index (κ3) is 4.91. The van der Waals surface area contributed by atoms with Gasteiger partial charge < -0.3 is 10.1 Å². The molecule has 1 aliphatic rings. The molecule has 0 radical (unpaired) electrons. The van der Waals surface area contributed by atoms with Crippen molar-refractivity contribution >= 4 is 11.7 Å². The van der Waals surface area contributed by atoms with Crippen molar-refractivity contribution in [2.45, 2.75) is 40.2 Å². The molecule has 1 fully saturated rings. The van der Waals surface area contributed by atoms with E-state index in [1.165, 1.54) is 6.92 Å². The van der Waals surface area contributed by atoms with Crippen LogP contribution in [0.2, 0.25) is 0 Å². The summed E-state index contributed by atoms with van der Waals surface area (Å²) in [6.45, 7) is 10.6. The lowest BCUT2D eigenvalue weighted by atomic mass is 10.1. The summed E-state index contributed by atoms with van der Waals surface area (Å²) in [7, 11) is 0. The Bertz CT molecular complexity index is 1090. The molecule has 1 atom stereocenters. The number of aromatic nitrogens is 4. The quantitative estimate of drug-likeness (QED) is 0.658. The fraction of sp³-hybridized carbons (Fsp3) is 0.391. The van der Waals surface area contributed by atoms with Crippen LogP contribution < -0.4 is 10.1 Å². The van der Waals surface area contributed by atoms with Gasteiger partial charge in [-0.1, -0.05) is 19.1 Å². The second-order valence-electron chi connectivity index (χ2n) is 7.91. The summed E-state index contributed by atoms with van der Waals surface area (Å²) in [5, 5.41) is 7.25. The number of likely N-dealkylation sites (tertiary alicyclic amines) is 1. The maximum Gasteiger partial charge on any atom is 0.253 e. The molecule has 3 heterocycles. The molecule has 8 nitrogen and oxygen atoms in total. The predicted octanol–water partition coefficient (Wildman–Crippen LogP) is 3.38. The molecular weight excluding hydrogens is 392 g/mol. The molecule has 0 saturated carbocycles. The second kappa shape index (κ2) is 8.85. The summed E-state index contributed by atoms with van der Waals surface area (Å²) in [5.41, 5.74) is 3.37. The molecule has 2 aromatic heterocycles. The van der Waals surface area contributed by atoms with Crippen molar-refractivity contribution in [1.82, 2.24) is 24.6 Å². The minimum atomic E-state index is -0.192. The molecule has 0 aliphatic carbocycles. The number of benzene rings is 1. The second-order valence-corrected chi connectivity index (χ2v) is 7.91. The molecule has 1 unspecified atom stereocenters. The van der Waals surface area contributed by atoms with Crippen molar-refractivity contribution < 1.29 is 9.53 Å². The minimum absolute atomic E-state index is 0.192. The van der Waals surface area contributed by atoms with Crippen LogP contribution in [0.5, 0.6) is 5.75 Å². The number of carbonyl (C=O) groups excluding carboxylic acids is 1. The number of nitrogens with zero attached hydrogens (tertiary/aromatic N) is 5. The van der Waals surface area contributed by atoms with Gasteiger partial charge in [-0.2, -0.15) is 10.1 Å². The van der Waals surface area contributed by atoms with Crippen molar-refractivity contribution in [1.29, 1.82) is 0 Å². The summed E-state index contributed by atoms with van der Waals surface area (Å²) < 4.78 is 7.91. The van der Waals surface area contributed by atoms with Crippen molar-refractivity contribution in [3.8, 4) is 23.0 Å². The van der Waals surface area contributed by atoms with Crippen LogP contribution in [0.3, 0.4) is 0 Å². The van der Waals surface area contributed by atoms with Crippen LogP contribution in [0.4, 0.5) is 5.82 Å². The predicted molar refractivity (Wildman–Crippen MR) is 120 cm³/mol. The van der Waals surface area contributed by atoms with Crippen molar-refractivity contribution in [3.05, 3.63) is 47.8 Å². The highest BCUT2D eigenvalue weighted by molar-refractivity contribution is 5.88. The summed E-state index contributed by atoms with van der Waals surface area (Å²) in [5.74, 6) is 1.46. The molecule has 1 N–H and O–H groups in total. The van der Waals surface area contributed by atoms with Crippen LogP contribution in [0.15, 0.2) is 36.4 Å². The lowest BCUT2D eigenvalue weighted by molar-refractivity contribution is -0.114. The molecule has 4 rings (SSSR count). The van der Waals surface area contributed by atoms with Crippen LogP contribution in [0, 0.1) is 13.8 Å². The highest BCUT2D eigenvalue weighted by Gasteiger charge is 2.22. The maximum atomic E-state index is 11.7. The molecule has 1 aliphatic heterocycles. The highest BCUT2D eigenvalue weighted by atomic mass is 16.5. The van der Waals surface area contributed by atoms with E-state index in [0.717, 1.165) is 48.8 Å². The smallest absolute Gasteiger partial charge is 0.253 e. The molecule has 8 heteroatoms. The van der Waals surface area contributed by atoms with Crippen LogP contribution in [-0.2, 0) is 4.79 Å². The van der Waals surface area contributed by atoms with Gasteiger partial charge in [0.25, 0.3) is 5.95 Å². The van der Waals surface area contributed by atoms with Gasteiger partial charge in [0.05, 0.1) is 11.4 Å². The number of ether oxygens (including phenoxy) is 1. The van der Waals surface area contributed by atoms with Crippen LogP contribution in [0.25, 0.3) is 17.2 Å². The zero-order valence-electron chi connectivity index (χ0n) is 18.4. The fourth-order valence-electron chi connectivity index (χ4n) is 3.85. The largest absolute Gasteiger partial charge is 0.489 e. The fourth-order valence-corrected chi connectivity index (χ4v) is 3.85. The van der Waals surface area contributed by atoms with Gasteiger partial charge in [0.1, 0.15) is 17.7 Å². The number of carbonyl (C=O) groups is 1. The first-order valence-electron chi connectivity index (χ1n) is 10.6. The first-order chi connectivity index (χ1) is 14.9. The van der Waals surface area contributed by atoms with Crippen LogP contribution in [-0.4, -0.2) is 56.3 Å². The van der Waals surface area contributed by atoms with Crippen molar-refractivity contribution in [3.63, 3.8) is 0 Å². The third-order valence-corrected chi connectivity index (χ3v) is 5.33. The highest BCUT2D eigenvalue weighted by Crippen LogP contribution is 2.27. The van der Waals surface area contributed by atoms with E-state index in [2.05, 4.69) is 27.2 Å². The number of rotatable bonds is 6. The zero-order chi connectivity index (χ0) is 22.0. The van der Waals surface area contributed by atoms with Gasteiger partial charge in [-0.25, -0.2) is 9.67 Å². The number of hydrogen-bond donors (Lipinski definition) is 1. The first kappa shape index (κ1) is 21.0. The number of nitrogens with one attached hydrogen (secondary N) is 1. The monoisotopic (exact) mass is 420 g/mol. The van der Waals surface area contributed by atoms with Gasteiger partial charge in [0.2, 0.25) is 5.91 Å². The van der Waals surface area contributed by atoms with E-state index < -0.39 is 0 Å². The Labute approximate surface area is 182 Å². The Morgan fingerprint density at radius 2 is 2.06 bits per heavy atom. The third-order valence-electron chi connectivity index (χ3n) is 5.33.